The highest BCUT2D eigenvalue weighted by atomic mass is 19.4. The first-order valence-electron chi connectivity index (χ1n) is 5.87. The number of carbonyl (C=O) groups excluding carboxylic acids is 2. The second kappa shape index (κ2) is 4.50. The molecule has 3 amide bonds. The summed E-state index contributed by atoms with van der Waals surface area (Å²) >= 11 is 0. The number of urea groups is 1. The van der Waals surface area contributed by atoms with Crippen molar-refractivity contribution in [2.24, 2.45) is 7.05 Å². The Kier molecular flexibility index (Phi) is 3.23. The van der Waals surface area contributed by atoms with Crippen LogP contribution >= 0.6 is 0 Å². The van der Waals surface area contributed by atoms with E-state index < -0.39 is 23.8 Å². The quantitative estimate of drug-likeness (QED) is 0.778. The summed E-state index contributed by atoms with van der Waals surface area (Å²) in [5, 5.41) is 3.29. The van der Waals surface area contributed by atoms with E-state index in [0.717, 1.165) is 9.58 Å². The third kappa shape index (κ3) is 2.23. The number of alkyl halides is 3. The second-order valence-electron chi connectivity index (χ2n) is 4.74. The molecule has 9 heteroatoms. The molecule has 2 heterocycles. The third-order valence-corrected chi connectivity index (χ3v) is 2.99. The number of amides is 3. The Morgan fingerprint density at radius 3 is 2.30 bits per heavy atom. The molecule has 20 heavy (non-hydrogen) atoms. The van der Waals surface area contributed by atoms with Crippen molar-refractivity contribution in [2.75, 3.05) is 11.4 Å². The van der Waals surface area contributed by atoms with Crippen molar-refractivity contribution in [1.29, 1.82) is 0 Å². The van der Waals surface area contributed by atoms with Gasteiger partial charge in [-0.3, -0.25) is 9.48 Å². The maximum Gasteiger partial charge on any atom is 0.435 e. The summed E-state index contributed by atoms with van der Waals surface area (Å²) < 4.78 is 38.7. The summed E-state index contributed by atoms with van der Waals surface area (Å²) in [5.41, 5.74) is -1.14. The highest BCUT2D eigenvalue weighted by Crippen LogP contribution is 2.32. The van der Waals surface area contributed by atoms with Gasteiger partial charge in [0.15, 0.2) is 5.69 Å². The van der Waals surface area contributed by atoms with E-state index in [9.17, 15) is 22.8 Å². The first-order chi connectivity index (χ1) is 9.12. The lowest BCUT2D eigenvalue weighted by Crippen LogP contribution is -2.37. The standard InChI is InChI=1S/C11H13F3N4O2/c1-6(2)17-5-9(19)18(10(17)20)8-4-7(11(12,13)14)15-16(8)3/h4,6H,5H2,1-3H3. The van der Waals surface area contributed by atoms with E-state index >= 15 is 0 Å². The van der Waals surface area contributed by atoms with Gasteiger partial charge in [0.25, 0.3) is 5.91 Å². The average Bonchev–Trinajstić information content (AvgIpc) is 2.79. The van der Waals surface area contributed by atoms with E-state index in [2.05, 4.69) is 5.10 Å². The summed E-state index contributed by atoms with van der Waals surface area (Å²) in [7, 11) is 1.25. The number of aromatic nitrogens is 2. The summed E-state index contributed by atoms with van der Waals surface area (Å²) in [5.74, 6) is -0.754. The number of hydrogen-bond acceptors (Lipinski definition) is 3. The molecule has 1 fully saturated rings. The Hall–Kier alpha value is -2.06. The van der Waals surface area contributed by atoms with Gasteiger partial charge in [-0.2, -0.15) is 18.3 Å². The fourth-order valence-electron chi connectivity index (χ4n) is 1.95. The molecule has 0 saturated carbocycles. The Morgan fingerprint density at radius 1 is 1.30 bits per heavy atom. The monoisotopic (exact) mass is 290 g/mol. The number of hydrogen-bond donors (Lipinski definition) is 0. The predicted molar refractivity (Wildman–Crippen MR) is 62.9 cm³/mol. The number of rotatable bonds is 2. The maximum absolute atomic E-state index is 12.6. The van der Waals surface area contributed by atoms with Crippen LogP contribution < -0.4 is 4.90 Å². The molecule has 0 atom stereocenters. The van der Waals surface area contributed by atoms with Crippen molar-refractivity contribution in [3.8, 4) is 0 Å². The number of nitrogens with zero attached hydrogens (tertiary/aromatic N) is 4. The van der Waals surface area contributed by atoms with Crippen LogP contribution in [0.3, 0.4) is 0 Å². The number of imide groups is 1. The number of halogens is 3. The molecule has 0 unspecified atom stereocenters. The van der Waals surface area contributed by atoms with E-state index in [1.807, 2.05) is 0 Å². The van der Waals surface area contributed by atoms with Gasteiger partial charge < -0.3 is 4.90 Å². The Morgan fingerprint density at radius 2 is 1.90 bits per heavy atom. The van der Waals surface area contributed by atoms with E-state index in [0.29, 0.717) is 6.07 Å². The van der Waals surface area contributed by atoms with E-state index in [-0.39, 0.29) is 18.4 Å². The molecule has 0 N–H and O–H groups in total. The molecule has 110 valence electrons. The molecule has 1 aliphatic rings. The van der Waals surface area contributed by atoms with Gasteiger partial charge in [-0.1, -0.05) is 0 Å². The number of anilines is 1. The van der Waals surface area contributed by atoms with Crippen LogP contribution in [0.25, 0.3) is 0 Å². The highest BCUT2D eigenvalue weighted by molar-refractivity contribution is 6.19. The SMILES string of the molecule is CC(C)N1CC(=O)N(c2cc(C(F)(F)F)nn2C)C1=O. The zero-order chi connectivity index (χ0) is 15.2. The molecule has 1 aliphatic heterocycles. The lowest BCUT2D eigenvalue weighted by atomic mass is 10.3. The minimum atomic E-state index is -4.63. The van der Waals surface area contributed by atoms with Gasteiger partial charge in [-0.05, 0) is 13.8 Å². The van der Waals surface area contributed by atoms with Crippen molar-refractivity contribution in [3.05, 3.63) is 11.8 Å². The Bertz CT molecular complexity index is 565. The number of aryl methyl sites for hydroxylation is 1. The smallest absolute Gasteiger partial charge is 0.312 e. The van der Waals surface area contributed by atoms with Crippen molar-refractivity contribution >= 4 is 17.8 Å². The Balaban J connectivity index is 2.40. The molecule has 0 radical (unpaired) electrons. The zero-order valence-corrected chi connectivity index (χ0v) is 11.1. The van der Waals surface area contributed by atoms with Gasteiger partial charge in [0.2, 0.25) is 0 Å². The van der Waals surface area contributed by atoms with Crippen molar-refractivity contribution in [2.45, 2.75) is 26.1 Å². The molecule has 0 bridgehead atoms. The van der Waals surface area contributed by atoms with Gasteiger partial charge in [0.05, 0.1) is 0 Å². The van der Waals surface area contributed by atoms with Crippen LogP contribution in [0.1, 0.15) is 19.5 Å². The van der Waals surface area contributed by atoms with Crippen LogP contribution in [0.5, 0.6) is 0 Å². The summed E-state index contributed by atoms with van der Waals surface area (Å²) in [4.78, 5) is 25.9. The number of carbonyl (C=O) groups is 2. The van der Waals surface area contributed by atoms with Gasteiger partial charge >= 0.3 is 12.2 Å². The lowest BCUT2D eigenvalue weighted by Gasteiger charge is -2.19. The van der Waals surface area contributed by atoms with Crippen molar-refractivity contribution < 1.29 is 22.8 Å². The largest absolute Gasteiger partial charge is 0.435 e. The fraction of sp³-hybridized carbons (Fsp3) is 0.545. The first kappa shape index (κ1) is 14.4. The molecule has 0 aromatic carbocycles. The van der Waals surface area contributed by atoms with Crippen molar-refractivity contribution in [1.82, 2.24) is 14.7 Å². The van der Waals surface area contributed by atoms with Gasteiger partial charge in [-0.25, -0.2) is 9.69 Å². The fourth-order valence-corrected chi connectivity index (χ4v) is 1.95. The lowest BCUT2D eigenvalue weighted by molar-refractivity contribution is -0.141. The molecule has 1 aromatic heterocycles. The van der Waals surface area contributed by atoms with Crippen LogP contribution in [0, 0.1) is 0 Å². The van der Waals surface area contributed by atoms with Gasteiger partial charge in [-0.15, -0.1) is 0 Å². The van der Waals surface area contributed by atoms with Crippen molar-refractivity contribution in [3.63, 3.8) is 0 Å². The summed E-state index contributed by atoms with van der Waals surface area (Å²) in [6.45, 7) is 3.29. The minimum absolute atomic E-state index is 0.150. The molecule has 1 aromatic rings. The van der Waals surface area contributed by atoms with Crippen LogP contribution in [-0.4, -0.2) is 39.2 Å². The highest BCUT2D eigenvalue weighted by Gasteiger charge is 2.42. The van der Waals surface area contributed by atoms with E-state index in [4.69, 9.17) is 0 Å². The third-order valence-electron chi connectivity index (χ3n) is 2.99. The molecule has 2 rings (SSSR count). The van der Waals surface area contributed by atoms with Crippen LogP contribution in [0.15, 0.2) is 6.07 Å². The molecule has 0 aliphatic carbocycles. The Labute approximate surface area is 112 Å². The molecule has 0 spiro atoms. The molecular formula is C11H13F3N4O2. The predicted octanol–water partition coefficient (Wildman–Crippen LogP) is 1.62. The summed E-state index contributed by atoms with van der Waals surface area (Å²) in [6.07, 6.45) is -4.63. The van der Waals surface area contributed by atoms with E-state index in [1.54, 1.807) is 13.8 Å². The van der Waals surface area contributed by atoms with Crippen LogP contribution in [-0.2, 0) is 18.0 Å². The maximum atomic E-state index is 12.6. The van der Waals surface area contributed by atoms with Crippen LogP contribution in [0.2, 0.25) is 0 Å². The van der Waals surface area contributed by atoms with Crippen LogP contribution in [0.4, 0.5) is 23.8 Å². The second-order valence-corrected chi connectivity index (χ2v) is 4.74. The molecule has 1 saturated heterocycles. The normalized spacial score (nSPS) is 16.8. The molecular weight excluding hydrogens is 277 g/mol. The topological polar surface area (TPSA) is 58.4 Å². The first-order valence-corrected chi connectivity index (χ1v) is 5.87. The minimum Gasteiger partial charge on any atom is -0.312 e. The summed E-state index contributed by atoms with van der Waals surface area (Å²) in [6, 6.07) is -0.159. The van der Waals surface area contributed by atoms with Gasteiger partial charge in [0.1, 0.15) is 12.4 Å². The zero-order valence-electron chi connectivity index (χ0n) is 11.1. The average molecular weight is 290 g/mol. The van der Waals surface area contributed by atoms with Gasteiger partial charge in [0, 0.05) is 19.2 Å². The molecule has 6 nitrogen and oxygen atoms in total. The van der Waals surface area contributed by atoms with E-state index in [1.165, 1.54) is 11.9 Å².